The first-order chi connectivity index (χ1) is 8.43. The molecule has 0 aromatic carbocycles. The van der Waals surface area contributed by atoms with Gasteiger partial charge in [0.1, 0.15) is 6.04 Å². The van der Waals surface area contributed by atoms with Crippen LogP contribution in [0.2, 0.25) is 0 Å². The summed E-state index contributed by atoms with van der Waals surface area (Å²) in [5.41, 5.74) is -0.406. The summed E-state index contributed by atoms with van der Waals surface area (Å²) in [6.07, 6.45) is 2.30. The van der Waals surface area contributed by atoms with Crippen LogP contribution in [0.1, 0.15) is 33.2 Å². The van der Waals surface area contributed by atoms with Gasteiger partial charge in [0.15, 0.2) is 5.75 Å². The van der Waals surface area contributed by atoms with E-state index in [2.05, 4.69) is 13.8 Å². The number of aromatic nitrogens is 1. The van der Waals surface area contributed by atoms with Crippen LogP contribution in [0.5, 0.6) is 5.75 Å². The first-order valence-electron chi connectivity index (χ1n) is 6.00. The third-order valence-electron chi connectivity index (χ3n) is 2.67. The minimum Gasteiger partial charge on any atom is -0.488 e. The Balaban J connectivity index is 2.85. The van der Waals surface area contributed by atoms with Crippen molar-refractivity contribution in [3.8, 4) is 5.75 Å². The first kappa shape index (κ1) is 14.3. The molecule has 5 heteroatoms. The monoisotopic (exact) mass is 253 g/mol. The fourth-order valence-electron chi connectivity index (χ4n) is 1.43. The highest BCUT2D eigenvalue weighted by Gasteiger charge is 2.16. The normalized spacial score (nSPS) is 12.4. The topological polar surface area (TPSA) is 68.5 Å². The molecule has 1 aromatic heterocycles. The van der Waals surface area contributed by atoms with E-state index >= 15 is 0 Å². The Morgan fingerprint density at radius 1 is 1.44 bits per heavy atom. The average molecular weight is 253 g/mol. The predicted molar refractivity (Wildman–Crippen MR) is 68.0 cm³/mol. The largest absolute Gasteiger partial charge is 0.488 e. The van der Waals surface area contributed by atoms with Crippen LogP contribution in [0.15, 0.2) is 23.1 Å². The summed E-state index contributed by atoms with van der Waals surface area (Å²) in [6.45, 7) is 6.05. The second-order valence-corrected chi connectivity index (χ2v) is 4.63. The predicted octanol–water partition coefficient (Wildman–Crippen LogP) is 1.92. The van der Waals surface area contributed by atoms with E-state index in [1.54, 1.807) is 12.1 Å². The SMILES string of the molecule is CC(C)CCOc1cccn(C(C)C(=O)O)c1=O. The Hall–Kier alpha value is -1.78. The molecule has 0 aliphatic carbocycles. The maximum atomic E-state index is 12.0. The van der Waals surface area contributed by atoms with Gasteiger partial charge in [0.25, 0.3) is 5.56 Å². The Labute approximate surface area is 106 Å². The van der Waals surface area contributed by atoms with Gasteiger partial charge in [0, 0.05) is 6.20 Å². The van der Waals surface area contributed by atoms with Crippen molar-refractivity contribution in [2.24, 2.45) is 5.92 Å². The van der Waals surface area contributed by atoms with Gasteiger partial charge in [-0.15, -0.1) is 0 Å². The second kappa shape index (κ2) is 6.23. The number of ether oxygens (including phenoxy) is 1. The Morgan fingerprint density at radius 3 is 2.67 bits per heavy atom. The highest BCUT2D eigenvalue weighted by Crippen LogP contribution is 2.09. The number of hydrogen-bond donors (Lipinski definition) is 1. The van der Waals surface area contributed by atoms with Crippen molar-refractivity contribution in [2.75, 3.05) is 6.61 Å². The number of carboxylic acid groups (broad SMARTS) is 1. The molecule has 18 heavy (non-hydrogen) atoms. The van der Waals surface area contributed by atoms with Gasteiger partial charge >= 0.3 is 5.97 Å². The third-order valence-corrected chi connectivity index (χ3v) is 2.67. The molecule has 1 aromatic rings. The molecule has 100 valence electrons. The van der Waals surface area contributed by atoms with Crippen molar-refractivity contribution in [3.05, 3.63) is 28.7 Å². The molecule has 0 aliphatic rings. The van der Waals surface area contributed by atoms with Crippen molar-refractivity contribution in [2.45, 2.75) is 33.2 Å². The average Bonchev–Trinajstić information content (AvgIpc) is 2.30. The summed E-state index contributed by atoms with van der Waals surface area (Å²) in [7, 11) is 0. The molecule has 5 nitrogen and oxygen atoms in total. The standard InChI is InChI=1S/C13H19NO4/c1-9(2)6-8-18-11-5-4-7-14(12(11)15)10(3)13(16)17/h4-5,7,9-10H,6,8H2,1-3H3,(H,16,17). The van der Waals surface area contributed by atoms with Crippen LogP contribution in [0.25, 0.3) is 0 Å². The summed E-state index contributed by atoms with van der Waals surface area (Å²) < 4.78 is 6.55. The van der Waals surface area contributed by atoms with E-state index < -0.39 is 17.6 Å². The number of aliphatic carboxylic acids is 1. The number of carbonyl (C=O) groups is 1. The molecule has 1 rings (SSSR count). The second-order valence-electron chi connectivity index (χ2n) is 4.63. The highest BCUT2D eigenvalue weighted by molar-refractivity contribution is 5.71. The highest BCUT2D eigenvalue weighted by atomic mass is 16.5. The van der Waals surface area contributed by atoms with Crippen molar-refractivity contribution in [1.29, 1.82) is 0 Å². The zero-order valence-corrected chi connectivity index (χ0v) is 10.9. The fourth-order valence-corrected chi connectivity index (χ4v) is 1.43. The molecule has 0 radical (unpaired) electrons. The van der Waals surface area contributed by atoms with Crippen molar-refractivity contribution in [3.63, 3.8) is 0 Å². The lowest BCUT2D eigenvalue weighted by Crippen LogP contribution is -2.28. The molecular formula is C13H19NO4. The summed E-state index contributed by atoms with van der Waals surface area (Å²) in [5, 5.41) is 8.90. The van der Waals surface area contributed by atoms with Gasteiger partial charge in [-0.3, -0.25) is 9.36 Å². The minimum absolute atomic E-state index is 0.200. The molecule has 0 aliphatic heterocycles. The molecule has 0 fully saturated rings. The van der Waals surface area contributed by atoms with Crippen molar-refractivity contribution in [1.82, 2.24) is 4.57 Å². The van der Waals surface area contributed by atoms with Crippen LogP contribution in [0, 0.1) is 5.92 Å². The fraction of sp³-hybridized carbons (Fsp3) is 0.538. The van der Waals surface area contributed by atoms with Crippen LogP contribution in [0.3, 0.4) is 0 Å². The zero-order valence-electron chi connectivity index (χ0n) is 10.9. The molecule has 1 heterocycles. The quantitative estimate of drug-likeness (QED) is 0.841. The number of nitrogens with zero attached hydrogens (tertiary/aromatic N) is 1. The molecule has 0 bridgehead atoms. The minimum atomic E-state index is -1.04. The molecule has 1 N–H and O–H groups in total. The summed E-state index contributed by atoms with van der Waals surface area (Å²) in [5.74, 6) is -0.350. The number of pyridine rings is 1. The number of rotatable bonds is 6. The molecule has 1 unspecified atom stereocenters. The summed E-state index contributed by atoms with van der Waals surface area (Å²) in [6, 6.07) is 2.28. The lowest BCUT2D eigenvalue weighted by molar-refractivity contribution is -0.140. The van der Waals surface area contributed by atoms with Crippen LogP contribution in [-0.2, 0) is 4.79 Å². The van der Waals surface area contributed by atoms with E-state index in [4.69, 9.17) is 9.84 Å². The van der Waals surface area contributed by atoms with Gasteiger partial charge in [-0.2, -0.15) is 0 Å². The van der Waals surface area contributed by atoms with E-state index in [1.807, 2.05) is 0 Å². The van der Waals surface area contributed by atoms with Gasteiger partial charge in [-0.05, 0) is 31.4 Å². The van der Waals surface area contributed by atoms with Crippen LogP contribution in [-0.4, -0.2) is 22.2 Å². The lowest BCUT2D eigenvalue weighted by atomic mass is 10.1. The Kier molecular flexibility index (Phi) is 4.95. The molecule has 0 spiro atoms. The van der Waals surface area contributed by atoms with E-state index in [9.17, 15) is 9.59 Å². The van der Waals surface area contributed by atoms with E-state index in [-0.39, 0.29) is 5.75 Å². The van der Waals surface area contributed by atoms with Gasteiger partial charge < -0.3 is 9.84 Å². The maximum absolute atomic E-state index is 12.0. The molecular weight excluding hydrogens is 234 g/mol. The summed E-state index contributed by atoms with van der Waals surface area (Å²) >= 11 is 0. The van der Waals surface area contributed by atoms with Crippen molar-refractivity contribution >= 4 is 5.97 Å². The van der Waals surface area contributed by atoms with E-state index in [1.165, 1.54) is 13.1 Å². The Bertz CT molecular complexity index is 464. The van der Waals surface area contributed by atoms with Crippen molar-refractivity contribution < 1.29 is 14.6 Å². The van der Waals surface area contributed by atoms with Gasteiger partial charge in [0.05, 0.1) is 6.61 Å². The number of carboxylic acids is 1. The zero-order chi connectivity index (χ0) is 13.7. The first-order valence-corrected chi connectivity index (χ1v) is 6.00. The maximum Gasteiger partial charge on any atom is 0.326 e. The third kappa shape index (κ3) is 3.61. The number of hydrogen-bond acceptors (Lipinski definition) is 3. The molecule has 0 amide bonds. The lowest BCUT2D eigenvalue weighted by Gasteiger charge is -2.13. The van der Waals surface area contributed by atoms with Crippen LogP contribution >= 0.6 is 0 Å². The smallest absolute Gasteiger partial charge is 0.326 e. The molecule has 0 saturated carbocycles. The van der Waals surface area contributed by atoms with Gasteiger partial charge in [0.2, 0.25) is 0 Å². The Morgan fingerprint density at radius 2 is 2.11 bits per heavy atom. The van der Waals surface area contributed by atoms with E-state index in [0.29, 0.717) is 12.5 Å². The van der Waals surface area contributed by atoms with Crippen LogP contribution < -0.4 is 10.3 Å². The summed E-state index contributed by atoms with van der Waals surface area (Å²) in [4.78, 5) is 22.8. The molecule has 0 saturated heterocycles. The molecule has 1 atom stereocenters. The van der Waals surface area contributed by atoms with Crippen LogP contribution in [0.4, 0.5) is 0 Å². The van der Waals surface area contributed by atoms with E-state index in [0.717, 1.165) is 11.0 Å². The van der Waals surface area contributed by atoms with Gasteiger partial charge in [-0.25, -0.2) is 4.79 Å². The van der Waals surface area contributed by atoms with Gasteiger partial charge in [-0.1, -0.05) is 13.8 Å².